The second kappa shape index (κ2) is 7.81. The highest BCUT2D eigenvalue weighted by Crippen LogP contribution is 2.24. The van der Waals surface area contributed by atoms with Gasteiger partial charge in [0.2, 0.25) is 5.91 Å². The van der Waals surface area contributed by atoms with E-state index in [9.17, 15) is 9.59 Å². The Morgan fingerprint density at radius 2 is 1.86 bits per heavy atom. The van der Waals surface area contributed by atoms with Gasteiger partial charge in [0, 0.05) is 12.5 Å². The van der Waals surface area contributed by atoms with E-state index in [4.69, 9.17) is 4.74 Å². The molecule has 122 valence electrons. The highest BCUT2D eigenvalue weighted by molar-refractivity contribution is 5.93. The van der Waals surface area contributed by atoms with Gasteiger partial charge in [0.15, 0.2) is 0 Å². The van der Waals surface area contributed by atoms with Crippen molar-refractivity contribution in [3.63, 3.8) is 0 Å². The Balaban J connectivity index is 2.77. The molecule has 1 fully saturated rings. The molecule has 0 aromatic rings. The average molecular weight is 297 g/mol. The third-order valence-electron chi connectivity index (χ3n) is 4.12. The molecule has 0 unspecified atom stereocenters. The topological polar surface area (TPSA) is 46.6 Å². The summed E-state index contributed by atoms with van der Waals surface area (Å²) in [5.74, 6) is 0.526. The predicted octanol–water partition coefficient (Wildman–Crippen LogP) is 4.38. The van der Waals surface area contributed by atoms with Crippen LogP contribution in [0.2, 0.25) is 0 Å². The van der Waals surface area contributed by atoms with E-state index < -0.39 is 11.7 Å². The summed E-state index contributed by atoms with van der Waals surface area (Å²) >= 11 is 0. The zero-order valence-corrected chi connectivity index (χ0v) is 14.3. The summed E-state index contributed by atoms with van der Waals surface area (Å²) in [6.45, 7) is 10.1. The first kappa shape index (κ1) is 18.0. The van der Waals surface area contributed by atoms with Crippen LogP contribution in [0.15, 0.2) is 0 Å². The maximum Gasteiger partial charge on any atom is 0.417 e. The highest BCUT2D eigenvalue weighted by Gasteiger charge is 2.30. The lowest BCUT2D eigenvalue weighted by Gasteiger charge is -2.29. The van der Waals surface area contributed by atoms with Crippen molar-refractivity contribution in [3.8, 4) is 0 Å². The molecule has 21 heavy (non-hydrogen) atoms. The number of hydrogen-bond acceptors (Lipinski definition) is 3. The molecule has 0 N–H and O–H groups in total. The zero-order chi connectivity index (χ0) is 16.0. The van der Waals surface area contributed by atoms with Gasteiger partial charge in [-0.3, -0.25) is 4.79 Å². The Bertz CT molecular complexity index is 360. The molecular formula is C17H31NO3. The second-order valence-electron chi connectivity index (χ2n) is 7.22. The quantitative estimate of drug-likeness (QED) is 0.721. The molecule has 1 saturated heterocycles. The van der Waals surface area contributed by atoms with E-state index in [1.165, 1.54) is 17.7 Å². The van der Waals surface area contributed by atoms with Crippen LogP contribution >= 0.6 is 0 Å². The maximum absolute atomic E-state index is 12.5. The van der Waals surface area contributed by atoms with Gasteiger partial charge in [-0.1, -0.05) is 33.1 Å². The van der Waals surface area contributed by atoms with Gasteiger partial charge in [-0.05, 0) is 46.0 Å². The molecule has 0 spiro atoms. The first-order chi connectivity index (χ1) is 9.74. The van der Waals surface area contributed by atoms with Crippen LogP contribution in [0.1, 0.15) is 73.1 Å². The molecule has 1 heterocycles. The second-order valence-corrected chi connectivity index (χ2v) is 7.22. The minimum Gasteiger partial charge on any atom is -0.443 e. The molecule has 0 saturated carbocycles. The largest absolute Gasteiger partial charge is 0.443 e. The van der Waals surface area contributed by atoms with Crippen molar-refractivity contribution in [2.45, 2.75) is 78.7 Å². The lowest BCUT2D eigenvalue weighted by Crippen LogP contribution is -2.44. The Hall–Kier alpha value is -1.06. The molecule has 0 aromatic carbocycles. The number of amides is 2. The van der Waals surface area contributed by atoms with Crippen molar-refractivity contribution in [3.05, 3.63) is 0 Å². The van der Waals surface area contributed by atoms with Crippen molar-refractivity contribution in [1.29, 1.82) is 0 Å². The predicted molar refractivity (Wildman–Crippen MR) is 84.0 cm³/mol. The highest BCUT2D eigenvalue weighted by atomic mass is 16.6. The molecule has 1 aliphatic rings. The van der Waals surface area contributed by atoms with Crippen molar-refractivity contribution in [2.75, 3.05) is 6.54 Å². The Labute approximate surface area is 129 Å². The summed E-state index contributed by atoms with van der Waals surface area (Å²) in [7, 11) is 0. The van der Waals surface area contributed by atoms with E-state index >= 15 is 0 Å². The van der Waals surface area contributed by atoms with Gasteiger partial charge in [-0.2, -0.15) is 0 Å². The minimum atomic E-state index is -0.568. The van der Waals surface area contributed by atoms with E-state index in [0.717, 1.165) is 25.7 Å². The summed E-state index contributed by atoms with van der Waals surface area (Å²) in [5.41, 5.74) is -0.568. The molecule has 1 rings (SSSR count). The summed E-state index contributed by atoms with van der Waals surface area (Å²) in [4.78, 5) is 26.1. The number of nitrogens with zero attached hydrogens (tertiary/aromatic N) is 1. The number of carbonyl (C=O) groups is 2. The number of imide groups is 1. The van der Waals surface area contributed by atoms with Crippen LogP contribution in [-0.4, -0.2) is 29.0 Å². The van der Waals surface area contributed by atoms with Crippen molar-refractivity contribution < 1.29 is 14.3 Å². The summed E-state index contributed by atoms with van der Waals surface area (Å²) < 4.78 is 5.38. The first-order valence-corrected chi connectivity index (χ1v) is 8.29. The Morgan fingerprint density at radius 1 is 1.24 bits per heavy atom. The average Bonchev–Trinajstić information content (AvgIpc) is 2.38. The van der Waals surface area contributed by atoms with Gasteiger partial charge in [0.1, 0.15) is 5.60 Å². The van der Waals surface area contributed by atoms with Crippen LogP contribution in [0.3, 0.4) is 0 Å². The van der Waals surface area contributed by atoms with E-state index in [0.29, 0.717) is 12.5 Å². The lowest BCUT2D eigenvalue weighted by molar-refractivity contribution is -0.134. The normalized spacial score (nSPS) is 25.6. The summed E-state index contributed by atoms with van der Waals surface area (Å²) in [5, 5.41) is 0. The van der Waals surface area contributed by atoms with E-state index in [1.54, 1.807) is 0 Å². The standard InChI is InChI=1S/C17H31NO3/c1-6-14-10-7-9-13(2)15(19)18(12-8-11-14)16(20)21-17(3,4)5/h13-14H,6-12H2,1-5H3/t13-,14+/m1/s1. The molecule has 4 heteroatoms. The molecule has 0 bridgehead atoms. The molecular weight excluding hydrogens is 266 g/mol. The fourth-order valence-corrected chi connectivity index (χ4v) is 2.80. The first-order valence-electron chi connectivity index (χ1n) is 8.29. The number of carbonyl (C=O) groups excluding carboxylic acids is 2. The Kier molecular flexibility index (Phi) is 6.69. The van der Waals surface area contributed by atoms with Crippen LogP contribution in [0.5, 0.6) is 0 Å². The van der Waals surface area contributed by atoms with Crippen LogP contribution in [0.25, 0.3) is 0 Å². The van der Waals surface area contributed by atoms with Crippen LogP contribution in [-0.2, 0) is 9.53 Å². The smallest absolute Gasteiger partial charge is 0.417 e. The molecule has 0 aromatic heterocycles. The van der Waals surface area contributed by atoms with E-state index in [2.05, 4.69) is 6.92 Å². The molecule has 0 radical (unpaired) electrons. The number of rotatable bonds is 1. The van der Waals surface area contributed by atoms with Crippen LogP contribution in [0, 0.1) is 11.8 Å². The number of ether oxygens (including phenoxy) is 1. The van der Waals surface area contributed by atoms with Crippen LogP contribution in [0.4, 0.5) is 4.79 Å². The minimum absolute atomic E-state index is 0.0841. The van der Waals surface area contributed by atoms with E-state index in [1.807, 2.05) is 27.7 Å². The van der Waals surface area contributed by atoms with Gasteiger partial charge in [0.25, 0.3) is 0 Å². The fourth-order valence-electron chi connectivity index (χ4n) is 2.80. The van der Waals surface area contributed by atoms with Crippen LogP contribution < -0.4 is 0 Å². The molecule has 2 amide bonds. The van der Waals surface area contributed by atoms with E-state index in [-0.39, 0.29) is 11.8 Å². The molecule has 2 atom stereocenters. The fraction of sp³-hybridized carbons (Fsp3) is 0.882. The third-order valence-corrected chi connectivity index (χ3v) is 4.12. The number of hydrogen-bond donors (Lipinski definition) is 0. The Morgan fingerprint density at radius 3 is 2.43 bits per heavy atom. The van der Waals surface area contributed by atoms with Crippen molar-refractivity contribution in [1.82, 2.24) is 4.90 Å². The van der Waals surface area contributed by atoms with Gasteiger partial charge in [-0.25, -0.2) is 9.69 Å². The van der Waals surface area contributed by atoms with Gasteiger partial charge < -0.3 is 4.74 Å². The van der Waals surface area contributed by atoms with Crippen molar-refractivity contribution >= 4 is 12.0 Å². The zero-order valence-electron chi connectivity index (χ0n) is 14.3. The molecule has 4 nitrogen and oxygen atoms in total. The maximum atomic E-state index is 12.5. The molecule has 1 aliphatic heterocycles. The van der Waals surface area contributed by atoms with Gasteiger partial charge in [-0.15, -0.1) is 0 Å². The van der Waals surface area contributed by atoms with Gasteiger partial charge >= 0.3 is 6.09 Å². The van der Waals surface area contributed by atoms with Crippen molar-refractivity contribution in [2.24, 2.45) is 11.8 Å². The third kappa shape index (κ3) is 6.06. The molecule has 0 aliphatic carbocycles. The summed E-state index contributed by atoms with van der Waals surface area (Å²) in [6.07, 6.45) is 5.75. The SMILES string of the molecule is CC[C@H]1CCC[C@@H](C)C(=O)N(C(=O)OC(C)(C)C)CCC1. The lowest BCUT2D eigenvalue weighted by atomic mass is 9.90. The summed E-state index contributed by atoms with van der Waals surface area (Å²) in [6, 6.07) is 0. The monoisotopic (exact) mass is 297 g/mol. The van der Waals surface area contributed by atoms with Gasteiger partial charge in [0.05, 0.1) is 0 Å².